The van der Waals surface area contributed by atoms with Gasteiger partial charge in [0.15, 0.2) is 0 Å². The maximum Gasteiger partial charge on any atom is 0.335 e. The van der Waals surface area contributed by atoms with Gasteiger partial charge in [0.25, 0.3) is 0 Å². The number of unbranched alkanes of at least 4 members (excludes halogenated alkanes) is 7. The van der Waals surface area contributed by atoms with E-state index in [4.69, 9.17) is 10.4 Å². The second kappa shape index (κ2) is 15.0. The number of hydrogen-bond acceptors (Lipinski definition) is 5. The number of carbonyl (C=O) groups is 3. The van der Waals surface area contributed by atoms with Crippen molar-refractivity contribution >= 4 is 23.5 Å². The predicted octanol–water partition coefficient (Wildman–Crippen LogP) is 3.89. The highest BCUT2D eigenvalue weighted by Gasteiger charge is 2.34. The summed E-state index contributed by atoms with van der Waals surface area (Å²) in [6.45, 7) is 0.891. The lowest BCUT2D eigenvalue weighted by Crippen LogP contribution is -2.41. The normalized spacial score (nSPS) is 17.4. The van der Waals surface area contributed by atoms with Crippen LogP contribution in [0.25, 0.3) is 0 Å². The molecule has 1 aliphatic rings. The van der Waals surface area contributed by atoms with Gasteiger partial charge in [-0.3, -0.25) is 9.59 Å². The van der Waals surface area contributed by atoms with E-state index in [-0.39, 0.29) is 36.9 Å². The number of carboxylic acids is 1. The molecule has 3 N–H and O–H groups in total. The Morgan fingerprint density at radius 3 is 2.26 bits per heavy atom. The van der Waals surface area contributed by atoms with Crippen molar-refractivity contribution in [1.82, 2.24) is 10.2 Å². The second-order valence-corrected chi connectivity index (χ2v) is 8.71. The molecule has 1 heterocycles. The molecular formula is C25H35FN4O4. The Hall–Kier alpha value is -2.99. The molecule has 2 atom stereocenters. The minimum Gasteiger partial charge on any atom is -0.478 e. The molecule has 1 aromatic rings. The molecular weight excluding hydrogens is 439 g/mol. The van der Waals surface area contributed by atoms with E-state index in [1.54, 1.807) is 12.1 Å². The van der Waals surface area contributed by atoms with E-state index in [9.17, 15) is 18.8 Å². The van der Waals surface area contributed by atoms with Gasteiger partial charge >= 0.3 is 5.97 Å². The zero-order valence-corrected chi connectivity index (χ0v) is 19.6. The Labute approximate surface area is 200 Å². The molecule has 1 fully saturated rings. The molecule has 8 nitrogen and oxygen atoms in total. The number of nitrogens with one attached hydrogen (secondary N) is 2. The molecule has 9 heteroatoms. The number of amides is 2. The molecule has 1 saturated heterocycles. The third-order valence-corrected chi connectivity index (χ3v) is 5.92. The first-order valence-electron chi connectivity index (χ1n) is 12.1. The number of hydrogen-bond donors (Lipinski definition) is 3. The molecule has 1 aromatic carbocycles. The minimum atomic E-state index is -1.10. The number of aromatic carboxylic acids is 1. The van der Waals surface area contributed by atoms with Gasteiger partial charge in [-0.2, -0.15) is 5.26 Å². The highest BCUT2D eigenvalue weighted by atomic mass is 19.1. The number of carboxylic acid groups (broad SMARTS) is 1. The molecule has 2 rings (SSSR count). The van der Waals surface area contributed by atoms with E-state index in [0.717, 1.165) is 57.9 Å². The summed E-state index contributed by atoms with van der Waals surface area (Å²) < 4.78 is 13.4. The van der Waals surface area contributed by atoms with Gasteiger partial charge in [0.2, 0.25) is 11.8 Å². The van der Waals surface area contributed by atoms with Gasteiger partial charge in [0.1, 0.15) is 12.2 Å². The summed E-state index contributed by atoms with van der Waals surface area (Å²) in [5.41, 5.74) is 0.790. The van der Waals surface area contributed by atoms with Crippen LogP contribution in [0, 0.1) is 11.3 Å². The Balaban J connectivity index is 1.39. The van der Waals surface area contributed by atoms with E-state index in [1.807, 2.05) is 6.07 Å². The molecule has 0 aromatic heterocycles. The van der Waals surface area contributed by atoms with Crippen LogP contribution in [0.4, 0.5) is 10.1 Å². The molecule has 34 heavy (non-hydrogen) atoms. The van der Waals surface area contributed by atoms with Crippen molar-refractivity contribution in [3.63, 3.8) is 0 Å². The van der Waals surface area contributed by atoms with Crippen LogP contribution in [0.5, 0.6) is 0 Å². The van der Waals surface area contributed by atoms with Gasteiger partial charge in [-0.1, -0.05) is 38.5 Å². The van der Waals surface area contributed by atoms with Crippen molar-refractivity contribution in [3.8, 4) is 6.07 Å². The largest absolute Gasteiger partial charge is 0.478 e. The summed E-state index contributed by atoms with van der Waals surface area (Å²) in [4.78, 5) is 36.2. The highest BCUT2D eigenvalue weighted by molar-refractivity contribution is 5.92. The van der Waals surface area contributed by atoms with E-state index in [2.05, 4.69) is 10.6 Å². The summed E-state index contributed by atoms with van der Waals surface area (Å²) in [5.74, 6) is -1.27. The molecule has 0 bridgehead atoms. The fourth-order valence-electron chi connectivity index (χ4n) is 4.00. The lowest BCUT2D eigenvalue weighted by Gasteiger charge is -2.19. The summed E-state index contributed by atoms with van der Waals surface area (Å²) in [6, 6.07) is 7.46. The van der Waals surface area contributed by atoms with E-state index < -0.39 is 18.2 Å². The fraction of sp³-hybridized carbons (Fsp3) is 0.600. The quantitative estimate of drug-likeness (QED) is 0.332. The zero-order chi connectivity index (χ0) is 24.8. The van der Waals surface area contributed by atoms with Crippen LogP contribution in [0.1, 0.15) is 74.6 Å². The van der Waals surface area contributed by atoms with E-state index in [0.29, 0.717) is 12.1 Å². The van der Waals surface area contributed by atoms with Crippen LogP contribution in [0.3, 0.4) is 0 Å². The van der Waals surface area contributed by atoms with Crippen LogP contribution < -0.4 is 10.6 Å². The van der Waals surface area contributed by atoms with E-state index in [1.165, 1.54) is 17.0 Å². The zero-order valence-electron chi connectivity index (χ0n) is 19.6. The fourth-order valence-corrected chi connectivity index (χ4v) is 4.00. The summed E-state index contributed by atoms with van der Waals surface area (Å²) in [6.07, 6.45) is 7.77. The molecule has 0 saturated carbocycles. The van der Waals surface area contributed by atoms with Crippen molar-refractivity contribution < 1.29 is 23.9 Å². The SMILES string of the molecule is N#C[C@@H]1CC(F)CN1C(=O)CNCCCCCCCCCCC(=O)Nc1ccc(C(=O)O)cc1. The van der Waals surface area contributed by atoms with Gasteiger partial charge in [-0.05, 0) is 43.7 Å². The maximum atomic E-state index is 13.4. The smallest absolute Gasteiger partial charge is 0.335 e. The van der Waals surface area contributed by atoms with Crippen LogP contribution in [0.15, 0.2) is 24.3 Å². The predicted molar refractivity (Wildman–Crippen MR) is 127 cm³/mol. The lowest BCUT2D eigenvalue weighted by atomic mass is 10.1. The second-order valence-electron chi connectivity index (χ2n) is 8.71. The monoisotopic (exact) mass is 474 g/mol. The lowest BCUT2D eigenvalue weighted by molar-refractivity contribution is -0.130. The average Bonchev–Trinajstić information content (AvgIpc) is 3.20. The van der Waals surface area contributed by atoms with Gasteiger partial charge in [0.05, 0.1) is 24.7 Å². The van der Waals surface area contributed by atoms with Gasteiger partial charge in [-0.15, -0.1) is 0 Å². The average molecular weight is 475 g/mol. The van der Waals surface area contributed by atoms with Crippen LogP contribution in [-0.4, -0.2) is 59.6 Å². The van der Waals surface area contributed by atoms with Crippen LogP contribution in [0.2, 0.25) is 0 Å². The number of benzene rings is 1. The first-order valence-corrected chi connectivity index (χ1v) is 12.1. The first-order chi connectivity index (χ1) is 16.4. The third-order valence-electron chi connectivity index (χ3n) is 5.92. The summed E-state index contributed by atoms with van der Waals surface area (Å²) >= 11 is 0. The van der Waals surface area contributed by atoms with Crippen molar-refractivity contribution in [1.29, 1.82) is 5.26 Å². The van der Waals surface area contributed by atoms with Gasteiger partial charge in [0, 0.05) is 18.5 Å². The number of carbonyl (C=O) groups excluding carboxylic acids is 2. The highest BCUT2D eigenvalue weighted by Crippen LogP contribution is 2.19. The van der Waals surface area contributed by atoms with E-state index >= 15 is 0 Å². The van der Waals surface area contributed by atoms with Gasteiger partial charge < -0.3 is 20.6 Å². The summed E-state index contributed by atoms with van der Waals surface area (Å²) in [5, 5.41) is 23.7. The maximum absolute atomic E-state index is 13.4. The number of likely N-dealkylation sites (tertiary alicyclic amines) is 1. The van der Waals surface area contributed by atoms with Crippen LogP contribution >= 0.6 is 0 Å². The molecule has 0 aliphatic carbocycles. The molecule has 1 unspecified atom stereocenters. The Bertz CT molecular complexity index is 840. The number of nitriles is 1. The Morgan fingerprint density at radius 2 is 1.65 bits per heavy atom. The molecule has 2 amide bonds. The van der Waals surface area contributed by atoms with Crippen molar-refractivity contribution in [2.75, 3.05) is 25.0 Å². The molecule has 1 aliphatic heterocycles. The van der Waals surface area contributed by atoms with Crippen molar-refractivity contribution in [2.24, 2.45) is 0 Å². The molecule has 0 spiro atoms. The van der Waals surface area contributed by atoms with Crippen molar-refractivity contribution in [2.45, 2.75) is 76.4 Å². The number of rotatable bonds is 15. The topological polar surface area (TPSA) is 123 Å². The van der Waals surface area contributed by atoms with Crippen molar-refractivity contribution in [3.05, 3.63) is 29.8 Å². The number of halogens is 1. The third kappa shape index (κ3) is 9.87. The number of nitrogens with zero attached hydrogens (tertiary/aromatic N) is 2. The first kappa shape index (κ1) is 27.3. The Kier molecular flexibility index (Phi) is 12.0. The molecule has 186 valence electrons. The minimum absolute atomic E-state index is 0.0196. The van der Waals surface area contributed by atoms with Gasteiger partial charge in [-0.25, -0.2) is 9.18 Å². The standard InChI is InChI=1S/C25H35FN4O4/c26-20-15-22(16-27)30(18-20)24(32)17-28-14-8-6-4-2-1-3-5-7-9-23(31)29-21-12-10-19(11-13-21)25(33)34/h10-13,20,22,28H,1-9,14-15,17-18H2,(H,29,31)(H,33,34)/t20?,22-/m0/s1. The molecule has 0 radical (unpaired) electrons. The number of alkyl halides is 1. The number of anilines is 1. The Morgan fingerprint density at radius 1 is 1.03 bits per heavy atom. The van der Waals surface area contributed by atoms with Crippen LogP contribution in [-0.2, 0) is 9.59 Å². The summed E-state index contributed by atoms with van der Waals surface area (Å²) in [7, 11) is 0.